The Kier molecular flexibility index (Phi) is 10.3. The van der Waals surface area contributed by atoms with E-state index in [2.05, 4.69) is 17.2 Å². The lowest BCUT2D eigenvalue weighted by molar-refractivity contribution is -0.145. The second-order valence-corrected chi connectivity index (χ2v) is 11.9. The number of carbonyl (C=O) groups excluding carboxylic acids is 3. The monoisotopic (exact) mass is 599 g/mol. The van der Waals surface area contributed by atoms with Crippen molar-refractivity contribution in [3.05, 3.63) is 96.1 Å². The Labute approximate surface area is 258 Å². The number of methoxy groups -OCH3 is 1. The first-order valence-electron chi connectivity index (χ1n) is 14.7. The maximum Gasteiger partial charge on any atom is 0.408 e. The molecule has 4 rings (SSSR count). The molecule has 2 atom stereocenters. The number of carbonyl (C=O) groups is 3. The van der Waals surface area contributed by atoms with Crippen molar-refractivity contribution in [2.24, 2.45) is 0 Å². The number of rotatable bonds is 11. The lowest BCUT2D eigenvalue weighted by Gasteiger charge is -2.43. The predicted molar refractivity (Wildman–Crippen MR) is 170 cm³/mol. The Hall–Kier alpha value is -4.79. The van der Waals surface area contributed by atoms with Gasteiger partial charge in [-0.3, -0.25) is 9.59 Å². The maximum atomic E-state index is 14.6. The van der Waals surface area contributed by atoms with Crippen molar-refractivity contribution in [2.75, 3.05) is 12.4 Å². The van der Waals surface area contributed by atoms with E-state index in [0.717, 1.165) is 30.4 Å². The summed E-state index contributed by atoms with van der Waals surface area (Å²) in [6, 6.07) is 18.5. The summed E-state index contributed by atoms with van der Waals surface area (Å²) in [7, 11) is 1.57. The molecular weight excluding hydrogens is 558 g/mol. The number of phenolic OH excluding ortho intramolecular Hbond substituents is 1. The number of ether oxygens (including phenoxy) is 2. The molecule has 44 heavy (non-hydrogen) atoms. The fourth-order valence-electron chi connectivity index (χ4n) is 5.06. The van der Waals surface area contributed by atoms with Crippen LogP contribution in [0.3, 0.4) is 0 Å². The first-order valence-corrected chi connectivity index (χ1v) is 14.7. The van der Waals surface area contributed by atoms with Crippen molar-refractivity contribution in [1.82, 2.24) is 10.2 Å². The molecule has 0 bridgehead atoms. The van der Waals surface area contributed by atoms with E-state index in [1.54, 1.807) is 75.3 Å². The number of phenols is 1. The molecule has 3 amide bonds. The first-order chi connectivity index (χ1) is 21.0. The van der Waals surface area contributed by atoms with Crippen LogP contribution in [-0.2, 0) is 20.7 Å². The molecule has 1 saturated carbocycles. The largest absolute Gasteiger partial charge is 0.508 e. The van der Waals surface area contributed by atoms with Crippen LogP contribution in [0.1, 0.15) is 62.8 Å². The van der Waals surface area contributed by atoms with Crippen LogP contribution in [0.5, 0.6) is 11.5 Å². The first kappa shape index (κ1) is 32.1. The predicted octanol–water partition coefficient (Wildman–Crippen LogP) is 6.24. The standard InChI is InChI=1S/C35H41N3O6/c1-6-23-9-7-10-25(21-23)31(32(40)36-26-15-19-29(43-5)20-16-26)38(27-11-8-12-27)33(41)30(37-34(42)44-35(2,3)4)22-24-13-17-28(39)18-14-24/h6-7,9-10,13-21,27,30-31,39H,1,8,11-12,22H2,2-5H3,(H,36,40)(H,37,42). The highest BCUT2D eigenvalue weighted by molar-refractivity contribution is 5.99. The van der Waals surface area contributed by atoms with Gasteiger partial charge in [0.25, 0.3) is 5.91 Å². The molecule has 3 aromatic rings. The van der Waals surface area contributed by atoms with Gasteiger partial charge in [-0.05, 0) is 99.2 Å². The number of nitrogens with one attached hydrogen (secondary N) is 2. The fourth-order valence-corrected chi connectivity index (χ4v) is 5.06. The van der Waals surface area contributed by atoms with Crippen LogP contribution >= 0.6 is 0 Å². The quantitative estimate of drug-likeness (QED) is 0.240. The summed E-state index contributed by atoms with van der Waals surface area (Å²) in [4.78, 5) is 43.5. The zero-order valence-electron chi connectivity index (χ0n) is 25.7. The minimum Gasteiger partial charge on any atom is -0.508 e. The lowest BCUT2D eigenvalue weighted by atomic mass is 9.87. The third-order valence-electron chi connectivity index (χ3n) is 7.43. The fraction of sp³-hybridized carbons (Fsp3) is 0.343. The van der Waals surface area contributed by atoms with Gasteiger partial charge < -0.3 is 30.1 Å². The van der Waals surface area contributed by atoms with Crippen LogP contribution in [0.15, 0.2) is 79.4 Å². The molecule has 0 heterocycles. The van der Waals surface area contributed by atoms with Gasteiger partial charge in [0.15, 0.2) is 0 Å². The van der Waals surface area contributed by atoms with Gasteiger partial charge >= 0.3 is 6.09 Å². The Balaban J connectivity index is 1.75. The summed E-state index contributed by atoms with van der Waals surface area (Å²) < 4.78 is 10.8. The molecule has 9 nitrogen and oxygen atoms in total. The van der Waals surface area contributed by atoms with Crippen molar-refractivity contribution in [3.63, 3.8) is 0 Å². The molecule has 232 valence electrons. The summed E-state index contributed by atoms with van der Waals surface area (Å²) in [6.07, 6.45) is 3.43. The molecular formula is C35H41N3O6. The van der Waals surface area contributed by atoms with Gasteiger partial charge in [-0.2, -0.15) is 0 Å². The van der Waals surface area contributed by atoms with Crippen LogP contribution in [0, 0.1) is 0 Å². The summed E-state index contributed by atoms with van der Waals surface area (Å²) in [5, 5.41) is 15.6. The van der Waals surface area contributed by atoms with Crippen molar-refractivity contribution >= 4 is 29.7 Å². The minimum atomic E-state index is -1.05. The molecule has 9 heteroatoms. The maximum absolute atomic E-state index is 14.6. The van der Waals surface area contributed by atoms with E-state index < -0.39 is 35.6 Å². The number of benzene rings is 3. The number of alkyl carbamates (subject to hydrolysis) is 1. The Morgan fingerprint density at radius 3 is 2.30 bits per heavy atom. The van der Waals surface area contributed by atoms with Crippen molar-refractivity contribution < 1.29 is 29.0 Å². The highest BCUT2D eigenvalue weighted by atomic mass is 16.6. The molecule has 3 N–H and O–H groups in total. The molecule has 0 spiro atoms. The summed E-state index contributed by atoms with van der Waals surface area (Å²) >= 11 is 0. The van der Waals surface area contributed by atoms with Crippen LogP contribution in [0.2, 0.25) is 0 Å². The third kappa shape index (κ3) is 8.40. The van der Waals surface area contributed by atoms with E-state index in [1.807, 2.05) is 24.3 Å². The molecule has 1 aliphatic carbocycles. The van der Waals surface area contributed by atoms with Gasteiger partial charge in [0.2, 0.25) is 5.91 Å². The Bertz CT molecular complexity index is 1460. The van der Waals surface area contributed by atoms with Gasteiger partial charge in [0.1, 0.15) is 29.2 Å². The van der Waals surface area contributed by atoms with E-state index in [4.69, 9.17) is 9.47 Å². The molecule has 3 aromatic carbocycles. The average molecular weight is 600 g/mol. The summed E-state index contributed by atoms with van der Waals surface area (Å²) in [5.41, 5.74) is 1.91. The second kappa shape index (κ2) is 14.1. The Morgan fingerprint density at radius 1 is 1.05 bits per heavy atom. The highest BCUT2D eigenvalue weighted by Gasteiger charge is 2.42. The molecule has 0 radical (unpaired) electrons. The van der Waals surface area contributed by atoms with E-state index in [1.165, 1.54) is 12.1 Å². The number of hydrogen-bond acceptors (Lipinski definition) is 6. The van der Waals surface area contributed by atoms with E-state index >= 15 is 0 Å². The number of hydrogen-bond donors (Lipinski definition) is 3. The highest BCUT2D eigenvalue weighted by Crippen LogP contribution is 2.35. The van der Waals surface area contributed by atoms with Crippen LogP contribution in [0.25, 0.3) is 6.08 Å². The van der Waals surface area contributed by atoms with Gasteiger partial charge in [0, 0.05) is 18.2 Å². The van der Waals surface area contributed by atoms with Crippen LogP contribution in [0.4, 0.5) is 10.5 Å². The van der Waals surface area contributed by atoms with Crippen molar-refractivity contribution in [1.29, 1.82) is 0 Å². The van der Waals surface area contributed by atoms with Crippen LogP contribution < -0.4 is 15.4 Å². The summed E-state index contributed by atoms with van der Waals surface area (Å²) in [6.45, 7) is 9.11. The lowest BCUT2D eigenvalue weighted by Crippen LogP contribution is -2.57. The minimum absolute atomic E-state index is 0.0881. The second-order valence-electron chi connectivity index (χ2n) is 11.9. The van der Waals surface area contributed by atoms with E-state index in [-0.39, 0.29) is 18.2 Å². The molecule has 0 aromatic heterocycles. The van der Waals surface area contributed by atoms with Gasteiger partial charge in [-0.1, -0.05) is 43.0 Å². The zero-order valence-corrected chi connectivity index (χ0v) is 25.7. The van der Waals surface area contributed by atoms with E-state index in [9.17, 15) is 19.5 Å². The van der Waals surface area contributed by atoms with Crippen molar-refractivity contribution in [2.45, 2.75) is 70.2 Å². The SMILES string of the molecule is C=Cc1cccc(C(C(=O)Nc2ccc(OC)cc2)N(C(=O)C(Cc2ccc(O)cc2)NC(=O)OC(C)(C)C)C2CCC2)c1. The van der Waals surface area contributed by atoms with E-state index in [0.29, 0.717) is 17.0 Å². The topological polar surface area (TPSA) is 117 Å². The summed E-state index contributed by atoms with van der Waals surface area (Å²) in [5.74, 6) is -0.0650. The van der Waals surface area contributed by atoms with Gasteiger partial charge in [-0.15, -0.1) is 0 Å². The van der Waals surface area contributed by atoms with Gasteiger partial charge in [-0.25, -0.2) is 4.79 Å². The number of amides is 3. The smallest absolute Gasteiger partial charge is 0.408 e. The molecule has 1 aliphatic rings. The third-order valence-corrected chi connectivity index (χ3v) is 7.43. The molecule has 1 fully saturated rings. The zero-order chi connectivity index (χ0) is 31.9. The molecule has 2 unspecified atom stereocenters. The Morgan fingerprint density at radius 2 is 1.73 bits per heavy atom. The number of aromatic hydroxyl groups is 1. The number of anilines is 1. The number of nitrogens with zero attached hydrogens (tertiary/aromatic N) is 1. The molecule has 0 aliphatic heterocycles. The molecule has 0 saturated heterocycles. The average Bonchev–Trinajstić information content (AvgIpc) is 2.96. The van der Waals surface area contributed by atoms with Crippen molar-refractivity contribution in [3.8, 4) is 11.5 Å². The normalized spacial score (nSPS) is 14.4. The van der Waals surface area contributed by atoms with Crippen LogP contribution in [-0.4, -0.2) is 52.7 Å². The van der Waals surface area contributed by atoms with Gasteiger partial charge in [0.05, 0.1) is 7.11 Å².